The van der Waals surface area contributed by atoms with E-state index < -0.39 is 0 Å². The van der Waals surface area contributed by atoms with Gasteiger partial charge in [0.2, 0.25) is 0 Å². The lowest BCUT2D eigenvalue weighted by Crippen LogP contribution is -2.06. The molecule has 0 amide bonds. The smallest absolute Gasteiger partial charge is 0.0580 e. The van der Waals surface area contributed by atoms with E-state index in [1.165, 1.54) is 22.2 Å². The number of benzene rings is 3. The molecule has 0 aliphatic carbocycles. The van der Waals surface area contributed by atoms with Crippen LogP contribution in [0.15, 0.2) is 77.9 Å². The lowest BCUT2D eigenvalue weighted by Gasteiger charge is -2.09. The normalized spacial score (nSPS) is 11.4. The molecule has 0 unspecified atom stereocenters. The summed E-state index contributed by atoms with van der Waals surface area (Å²) in [5.74, 6) is 0. The number of hydrazone groups is 1. The zero-order valence-corrected chi connectivity index (χ0v) is 17.6. The molecule has 0 atom stereocenters. The van der Waals surface area contributed by atoms with Gasteiger partial charge in [0.15, 0.2) is 0 Å². The summed E-state index contributed by atoms with van der Waals surface area (Å²) in [5, 5.41) is 7.14. The molecule has 4 rings (SSSR count). The molecule has 0 aliphatic heterocycles. The van der Waals surface area contributed by atoms with Gasteiger partial charge in [0.1, 0.15) is 0 Å². The average molecular weight is 422 g/mol. The van der Waals surface area contributed by atoms with Crippen LogP contribution in [0.3, 0.4) is 0 Å². The first-order chi connectivity index (χ1) is 14.1. The number of nitrogens with zero attached hydrogens (tertiary/aromatic N) is 2. The van der Waals surface area contributed by atoms with Gasteiger partial charge in [-0.05, 0) is 48.4 Å². The molecular weight excluding hydrogens is 401 g/mol. The maximum absolute atomic E-state index is 6.17. The van der Waals surface area contributed by atoms with E-state index in [1.54, 1.807) is 0 Å². The van der Waals surface area contributed by atoms with Crippen LogP contribution in [0.25, 0.3) is 10.9 Å². The van der Waals surface area contributed by atoms with Crippen molar-refractivity contribution in [1.29, 1.82) is 0 Å². The third-order valence-electron chi connectivity index (χ3n) is 4.99. The molecule has 0 spiro atoms. The van der Waals surface area contributed by atoms with Crippen LogP contribution in [-0.4, -0.2) is 10.8 Å². The first-order valence-corrected chi connectivity index (χ1v) is 10.2. The molecule has 0 saturated carbocycles. The van der Waals surface area contributed by atoms with Crippen molar-refractivity contribution < 1.29 is 0 Å². The van der Waals surface area contributed by atoms with Crippen molar-refractivity contribution in [2.75, 3.05) is 0 Å². The number of rotatable bonds is 6. The summed E-state index contributed by atoms with van der Waals surface area (Å²) < 4.78 is 2.31. The number of hydrogen-bond donors (Lipinski definition) is 1. The quantitative estimate of drug-likeness (QED) is 0.282. The van der Waals surface area contributed by atoms with Crippen molar-refractivity contribution >= 4 is 40.3 Å². The van der Waals surface area contributed by atoms with Gasteiger partial charge in [0, 0.05) is 38.8 Å². The highest BCUT2D eigenvalue weighted by molar-refractivity contribution is 6.30. The van der Waals surface area contributed by atoms with Crippen LogP contribution in [0.2, 0.25) is 10.0 Å². The molecule has 146 valence electrons. The second-order valence-electron chi connectivity index (χ2n) is 6.95. The molecule has 5 heteroatoms. The zero-order chi connectivity index (χ0) is 20.2. The van der Waals surface area contributed by atoms with E-state index in [0.29, 0.717) is 6.54 Å². The molecule has 29 heavy (non-hydrogen) atoms. The third-order valence-corrected chi connectivity index (χ3v) is 5.48. The molecule has 0 saturated heterocycles. The van der Waals surface area contributed by atoms with Crippen LogP contribution in [0, 0.1) is 6.92 Å². The molecule has 1 heterocycles. The van der Waals surface area contributed by atoms with Crippen molar-refractivity contribution in [2.45, 2.75) is 20.0 Å². The van der Waals surface area contributed by atoms with Crippen molar-refractivity contribution in [2.24, 2.45) is 5.10 Å². The van der Waals surface area contributed by atoms with Crippen molar-refractivity contribution in [1.82, 2.24) is 9.99 Å². The summed E-state index contributed by atoms with van der Waals surface area (Å²) in [6.45, 7) is 3.54. The van der Waals surface area contributed by atoms with E-state index in [2.05, 4.69) is 52.3 Å². The minimum Gasteiger partial charge on any atom is -0.340 e. The average Bonchev–Trinajstić information content (AvgIpc) is 2.98. The summed E-state index contributed by atoms with van der Waals surface area (Å²) in [5.41, 5.74) is 8.90. The fourth-order valence-electron chi connectivity index (χ4n) is 3.49. The van der Waals surface area contributed by atoms with Gasteiger partial charge in [-0.1, -0.05) is 65.7 Å². The zero-order valence-electron chi connectivity index (χ0n) is 16.1. The predicted molar refractivity (Wildman–Crippen MR) is 123 cm³/mol. The van der Waals surface area contributed by atoms with E-state index in [0.717, 1.165) is 27.7 Å². The monoisotopic (exact) mass is 421 g/mol. The molecule has 1 aromatic heterocycles. The Labute approximate surface area is 180 Å². The Bertz CT molecular complexity index is 1160. The minimum absolute atomic E-state index is 0.647. The van der Waals surface area contributed by atoms with Crippen LogP contribution in [0.5, 0.6) is 0 Å². The first kappa shape index (κ1) is 19.6. The second kappa shape index (κ2) is 8.73. The fourth-order valence-corrected chi connectivity index (χ4v) is 3.83. The van der Waals surface area contributed by atoms with Gasteiger partial charge in [-0.25, -0.2) is 0 Å². The Kier molecular flexibility index (Phi) is 5.89. The van der Waals surface area contributed by atoms with E-state index in [1.807, 2.05) is 48.7 Å². The summed E-state index contributed by atoms with van der Waals surface area (Å²) in [6, 6.07) is 24.2. The molecule has 4 aromatic rings. The van der Waals surface area contributed by atoms with Gasteiger partial charge in [0.25, 0.3) is 0 Å². The Morgan fingerprint density at radius 2 is 1.69 bits per heavy atom. The largest absolute Gasteiger partial charge is 0.340 e. The highest BCUT2D eigenvalue weighted by atomic mass is 35.5. The molecule has 3 aromatic carbocycles. The van der Waals surface area contributed by atoms with Crippen LogP contribution >= 0.6 is 23.2 Å². The Morgan fingerprint density at radius 1 is 0.897 bits per heavy atom. The minimum atomic E-state index is 0.647. The van der Waals surface area contributed by atoms with E-state index >= 15 is 0 Å². The highest BCUT2D eigenvalue weighted by Crippen LogP contribution is 2.26. The van der Waals surface area contributed by atoms with Gasteiger partial charge in [-0.3, -0.25) is 0 Å². The Morgan fingerprint density at radius 3 is 2.48 bits per heavy atom. The second-order valence-corrected chi connectivity index (χ2v) is 7.82. The first-order valence-electron chi connectivity index (χ1n) is 9.44. The molecule has 1 N–H and O–H groups in total. The van der Waals surface area contributed by atoms with E-state index in [9.17, 15) is 0 Å². The van der Waals surface area contributed by atoms with Gasteiger partial charge in [0.05, 0.1) is 12.8 Å². The topological polar surface area (TPSA) is 29.3 Å². The lowest BCUT2D eigenvalue weighted by atomic mass is 10.1. The summed E-state index contributed by atoms with van der Waals surface area (Å²) >= 11 is 12.1. The van der Waals surface area contributed by atoms with Crippen LogP contribution < -0.4 is 5.43 Å². The van der Waals surface area contributed by atoms with Gasteiger partial charge >= 0.3 is 0 Å². The summed E-state index contributed by atoms with van der Waals surface area (Å²) in [6.07, 6.45) is 1.90. The number of nitrogens with one attached hydrogen (secondary N) is 1. The molecular formula is C24H21Cl2N3. The Balaban J connectivity index is 1.59. The summed E-state index contributed by atoms with van der Waals surface area (Å²) in [7, 11) is 0. The van der Waals surface area contributed by atoms with Crippen LogP contribution in [0.1, 0.15) is 22.4 Å². The van der Waals surface area contributed by atoms with Gasteiger partial charge in [-0.15, -0.1) is 0 Å². The van der Waals surface area contributed by atoms with Crippen LogP contribution in [-0.2, 0) is 13.1 Å². The number of para-hydroxylation sites is 1. The number of fused-ring (bicyclic) bond motifs is 1. The SMILES string of the molecule is Cc1c(/C=N\NCc2ccc(Cl)cc2)c2ccccc2n1Cc1cccc(Cl)c1. The lowest BCUT2D eigenvalue weighted by molar-refractivity contribution is 0.747. The number of hydrogen-bond acceptors (Lipinski definition) is 2. The van der Waals surface area contributed by atoms with E-state index in [4.69, 9.17) is 23.2 Å². The molecule has 0 aliphatic rings. The molecule has 0 radical (unpaired) electrons. The van der Waals surface area contributed by atoms with Crippen LogP contribution in [0.4, 0.5) is 0 Å². The molecule has 0 fully saturated rings. The van der Waals surface area contributed by atoms with Crippen molar-refractivity contribution in [3.05, 3.63) is 105 Å². The summed E-state index contributed by atoms with van der Waals surface area (Å²) in [4.78, 5) is 0. The third kappa shape index (κ3) is 4.47. The standard InChI is InChI=1S/C24H21Cl2N3/c1-17-23(15-28-27-14-18-9-11-20(25)12-10-18)22-7-2-3-8-24(22)29(17)16-19-5-4-6-21(26)13-19/h2-13,15,27H,14,16H2,1H3/b28-15-. The fraction of sp³-hybridized carbons (Fsp3) is 0.125. The number of halogens is 2. The van der Waals surface area contributed by atoms with Gasteiger partial charge in [-0.2, -0.15) is 5.10 Å². The molecule has 3 nitrogen and oxygen atoms in total. The van der Waals surface area contributed by atoms with Crippen molar-refractivity contribution in [3.63, 3.8) is 0 Å². The van der Waals surface area contributed by atoms with Gasteiger partial charge < -0.3 is 9.99 Å². The Hall–Kier alpha value is -2.75. The predicted octanol–water partition coefficient (Wildman–Crippen LogP) is 6.43. The maximum Gasteiger partial charge on any atom is 0.0580 e. The number of aromatic nitrogens is 1. The maximum atomic E-state index is 6.17. The van der Waals surface area contributed by atoms with Crippen molar-refractivity contribution in [3.8, 4) is 0 Å². The highest BCUT2D eigenvalue weighted by Gasteiger charge is 2.12. The van der Waals surface area contributed by atoms with E-state index in [-0.39, 0.29) is 0 Å². The molecule has 0 bridgehead atoms.